The molecule has 21 heavy (non-hydrogen) atoms. The highest BCUT2D eigenvalue weighted by atomic mass is 16.5. The van der Waals surface area contributed by atoms with E-state index < -0.39 is 0 Å². The van der Waals surface area contributed by atoms with Crippen LogP contribution in [0.2, 0.25) is 0 Å². The van der Waals surface area contributed by atoms with Crippen LogP contribution in [-0.4, -0.2) is 44.3 Å². The maximum absolute atomic E-state index is 5.49. The molecule has 116 valence electrons. The van der Waals surface area contributed by atoms with Gasteiger partial charge in [-0.15, -0.1) is 0 Å². The minimum absolute atomic E-state index is 0.263. The van der Waals surface area contributed by atoms with Crippen LogP contribution in [0.3, 0.4) is 0 Å². The van der Waals surface area contributed by atoms with Crippen LogP contribution < -0.4 is 14.8 Å². The van der Waals surface area contributed by atoms with E-state index in [0.29, 0.717) is 6.04 Å². The molecule has 1 heterocycles. The number of nitrogens with zero attached hydrogens (tertiary/aromatic N) is 1. The van der Waals surface area contributed by atoms with Crippen molar-refractivity contribution in [2.24, 2.45) is 0 Å². The average Bonchev–Trinajstić information content (AvgIpc) is 3.27. The zero-order valence-electron chi connectivity index (χ0n) is 13.3. The van der Waals surface area contributed by atoms with Crippen molar-refractivity contribution in [3.05, 3.63) is 23.8 Å². The van der Waals surface area contributed by atoms with Gasteiger partial charge in [-0.1, -0.05) is 0 Å². The number of hydrogen-bond donors (Lipinski definition) is 1. The Morgan fingerprint density at radius 2 is 2.00 bits per heavy atom. The van der Waals surface area contributed by atoms with Crippen molar-refractivity contribution in [2.75, 3.05) is 27.3 Å². The summed E-state index contributed by atoms with van der Waals surface area (Å²) in [7, 11) is 3.43. The molecule has 1 saturated carbocycles. The summed E-state index contributed by atoms with van der Waals surface area (Å²) in [6.07, 6.45) is 4.03. The largest absolute Gasteiger partial charge is 0.497 e. The van der Waals surface area contributed by atoms with Crippen molar-refractivity contribution in [1.29, 1.82) is 0 Å². The van der Waals surface area contributed by atoms with Crippen molar-refractivity contribution < 1.29 is 9.47 Å². The molecule has 2 unspecified atom stereocenters. The number of benzene rings is 1. The van der Waals surface area contributed by atoms with E-state index in [1.54, 1.807) is 14.2 Å². The molecule has 4 nitrogen and oxygen atoms in total. The zero-order chi connectivity index (χ0) is 14.8. The first-order valence-corrected chi connectivity index (χ1v) is 7.93. The van der Waals surface area contributed by atoms with Gasteiger partial charge in [-0.3, -0.25) is 4.90 Å². The van der Waals surface area contributed by atoms with Crippen LogP contribution in [0.25, 0.3) is 0 Å². The number of hydrogen-bond acceptors (Lipinski definition) is 4. The van der Waals surface area contributed by atoms with Gasteiger partial charge in [0.15, 0.2) is 0 Å². The van der Waals surface area contributed by atoms with Crippen LogP contribution in [0.5, 0.6) is 11.5 Å². The predicted octanol–water partition coefficient (Wildman–Crippen LogP) is 2.59. The van der Waals surface area contributed by atoms with Crippen molar-refractivity contribution in [3.8, 4) is 11.5 Å². The Labute approximate surface area is 127 Å². The number of rotatable bonds is 6. The smallest absolute Gasteiger partial charge is 0.123 e. The second-order valence-corrected chi connectivity index (χ2v) is 6.21. The SMILES string of the molecule is COc1ccc(OC)c(C(C)NC2CCN(C3CC3)C2)c1. The van der Waals surface area contributed by atoms with Crippen molar-refractivity contribution in [3.63, 3.8) is 0 Å². The van der Waals surface area contributed by atoms with Crippen molar-refractivity contribution >= 4 is 0 Å². The quantitative estimate of drug-likeness (QED) is 0.873. The first-order chi connectivity index (χ1) is 10.2. The summed E-state index contributed by atoms with van der Waals surface area (Å²) in [5, 5.41) is 3.76. The topological polar surface area (TPSA) is 33.7 Å². The summed E-state index contributed by atoms with van der Waals surface area (Å²) in [4.78, 5) is 2.63. The van der Waals surface area contributed by atoms with E-state index in [1.165, 1.54) is 37.9 Å². The fraction of sp³-hybridized carbons (Fsp3) is 0.647. The van der Waals surface area contributed by atoms with Gasteiger partial charge >= 0.3 is 0 Å². The van der Waals surface area contributed by atoms with Gasteiger partial charge in [0.2, 0.25) is 0 Å². The third-order valence-corrected chi connectivity index (χ3v) is 4.67. The third-order valence-electron chi connectivity index (χ3n) is 4.67. The molecule has 0 aromatic heterocycles. The van der Waals surface area contributed by atoms with Gasteiger partial charge in [0.25, 0.3) is 0 Å². The number of nitrogens with one attached hydrogen (secondary N) is 1. The fourth-order valence-electron chi connectivity index (χ4n) is 3.32. The molecule has 3 rings (SSSR count). The lowest BCUT2D eigenvalue weighted by molar-refractivity contribution is 0.312. The van der Waals surface area contributed by atoms with Gasteiger partial charge in [0.1, 0.15) is 11.5 Å². The van der Waals surface area contributed by atoms with Crippen LogP contribution in [0.1, 0.15) is 37.8 Å². The minimum Gasteiger partial charge on any atom is -0.497 e. The Balaban J connectivity index is 1.65. The van der Waals surface area contributed by atoms with Crippen LogP contribution in [0.4, 0.5) is 0 Å². The lowest BCUT2D eigenvalue weighted by Crippen LogP contribution is -2.35. The molecule has 1 aromatic rings. The monoisotopic (exact) mass is 290 g/mol. The molecular formula is C17H26N2O2. The standard InChI is InChI=1S/C17H26N2O2/c1-12(16-10-15(20-2)6-7-17(16)21-3)18-13-8-9-19(11-13)14-4-5-14/h6-7,10,12-14,18H,4-5,8-9,11H2,1-3H3. The Morgan fingerprint density at radius 3 is 2.67 bits per heavy atom. The molecule has 1 saturated heterocycles. The molecule has 0 bridgehead atoms. The van der Waals surface area contributed by atoms with Crippen LogP contribution in [0.15, 0.2) is 18.2 Å². The summed E-state index contributed by atoms with van der Waals surface area (Å²) in [5.74, 6) is 1.80. The van der Waals surface area contributed by atoms with Crippen molar-refractivity contribution in [2.45, 2.75) is 44.3 Å². The van der Waals surface area contributed by atoms with Crippen LogP contribution in [0, 0.1) is 0 Å². The number of likely N-dealkylation sites (tertiary alicyclic amines) is 1. The first kappa shape index (κ1) is 14.7. The molecule has 4 heteroatoms. The van der Waals surface area contributed by atoms with Gasteiger partial charge in [0, 0.05) is 36.8 Å². The van der Waals surface area contributed by atoms with Gasteiger partial charge in [-0.25, -0.2) is 0 Å². The molecule has 0 radical (unpaired) electrons. The highest BCUT2D eigenvalue weighted by Crippen LogP contribution is 2.32. The molecule has 2 aliphatic rings. The van der Waals surface area contributed by atoms with Crippen LogP contribution in [-0.2, 0) is 0 Å². The Kier molecular flexibility index (Phi) is 4.36. The van der Waals surface area contributed by atoms with Gasteiger partial charge in [-0.2, -0.15) is 0 Å². The van der Waals surface area contributed by atoms with Crippen LogP contribution >= 0.6 is 0 Å². The predicted molar refractivity (Wildman–Crippen MR) is 84.1 cm³/mol. The summed E-state index contributed by atoms with van der Waals surface area (Å²) in [6.45, 7) is 4.63. The van der Waals surface area contributed by atoms with E-state index in [-0.39, 0.29) is 6.04 Å². The summed E-state index contributed by atoms with van der Waals surface area (Å²) in [6, 6.07) is 7.72. The Hall–Kier alpha value is -1.26. The van der Waals surface area contributed by atoms with Gasteiger partial charge < -0.3 is 14.8 Å². The van der Waals surface area contributed by atoms with Crippen molar-refractivity contribution in [1.82, 2.24) is 10.2 Å². The maximum Gasteiger partial charge on any atom is 0.123 e. The highest BCUT2D eigenvalue weighted by molar-refractivity contribution is 5.42. The molecule has 1 aliphatic heterocycles. The summed E-state index contributed by atoms with van der Waals surface area (Å²) < 4.78 is 10.8. The highest BCUT2D eigenvalue weighted by Gasteiger charge is 2.34. The lowest BCUT2D eigenvalue weighted by atomic mass is 10.1. The first-order valence-electron chi connectivity index (χ1n) is 7.93. The minimum atomic E-state index is 0.263. The normalized spacial score (nSPS) is 24.0. The fourth-order valence-corrected chi connectivity index (χ4v) is 3.32. The molecule has 2 atom stereocenters. The average molecular weight is 290 g/mol. The van der Waals surface area contributed by atoms with E-state index in [2.05, 4.69) is 23.2 Å². The molecular weight excluding hydrogens is 264 g/mol. The second kappa shape index (κ2) is 6.24. The maximum atomic E-state index is 5.49. The van der Waals surface area contributed by atoms with Gasteiger partial charge in [-0.05, 0) is 44.4 Å². The third kappa shape index (κ3) is 3.33. The zero-order valence-corrected chi connectivity index (χ0v) is 13.3. The lowest BCUT2D eigenvalue weighted by Gasteiger charge is -2.22. The second-order valence-electron chi connectivity index (χ2n) is 6.21. The number of ether oxygens (including phenoxy) is 2. The molecule has 1 N–H and O–H groups in total. The van der Waals surface area contributed by atoms with E-state index in [9.17, 15) is 0 Å². The Morgan fingerprint density at radius 1 is 1.19 bits per heavy atom. The molecule has 0 amide bonds. The Bertz CT molecular complexity index is 488. The van der Waals surface area contributed by atoms with E-state index >= 15 is 0 Å². The molecule has 1 aliphatic carbocycles. The van der Waals surface area contributed by atoms with E-state index in [1.807, 2.05) is 12.1 Å². The summed E-state index contributed by atoms with van der Waals surface area (Å²) >= 11 is 0. The summed E-state index contributed by atoms with van der Waals surface area (Å²) in [5.41, 5.74) is 1.17. The van der Waals surface area contributed by atoms with E-state index in [4.69, 9.17) is 9.47 Å². The van der Waals surface area contributed by atoms with E-state index in [0.717, 1.165) is 17.5 Å². The molecule has 1 aromatic carbocycles. The van der Waals surface area contributed by atoms with Gasteiger partial charge in [0.05, 0.1) is 14.2 Å². The molecule has 2 fully saturated rings. The molecule has 0 spiro atoms. The number of methoxy groups -OCH3 is 2.